The molecule has 28 heavy (non-hydrogen) atoms. The zero-order valence-corrected chi connectivity index (χ0v) is 17.6. The van der Waals surface area contributed by atoms with Crippen molar-refractivity contribution >= 4 is 15.9 Å². The minimum Gasteiger partial charge on any atom is -0.379 e. The molecule has 1 atom stereocenters. The Morgan fingerprint density at radius 3 is 2.50 bits per heavy atom. The Morgan fingerprint density at radius 1 is 1.25 bits per heavy atom. The molecule has 1 fully saturated rings. The van der Waals surface area contributed by atoms with Gasteiger partial charge >= 0.3 is 0 Å². The third kappa shape index (κ3) is 5.87. The Kier molecular flexibility index (Phi) is 8.17. The maximum atomic E-state index is 12.6. The monoisotopic (exact) mass is 414 g/mol. The molecule has 0 bridgehead atoms. The van der Waals surface area contributed by atoms with Gasteiger partial charge in [0.25, 0.3) is 5.56 Å². The molecule has 1 N–H and O–H groups in total. The molecule has 1 aromatic heterocycles. The van der Waals surface area contributed by atoms with E-state index in [4.69, 9.17) is 4.74 Å². The Bertz CT molecular complexity index is 814. The van der Waals surface area contributed by atoms with E-state index in [1.54, 1.807) is 13.8 Å². The van der Waals surface area contributed by atoms with Gasteiger partial charge in [-0.25, -0.2) is 8.42 Å². The lowest BCUT2D eigenvalue weighted by Gasteiger charge is -2.29. The summed E-state index contributed by atoms with van der Waals surface area (Å²) in [7, 11) is -3.70. The van der Waals surface area contributed by atoms with Crippen molar-refractivity contribution < 1.29 is 17.9 Å². The number of morpholine rings is 1. The normalized spacial score (nSPS) is 16.9. The van der Waals surface area contributed by atoms with Crippen molar-refractivity contribution in [3.63, 3.8) is 0 Å². The molecule has 1 aliphatic rings. The topological polar surface area (TPSA) is 101 Å². The van der Waals surface area contributed by atoms with E-state index in [1.165, 1.54) is 22.6 Å². The van der Waals surface area contributed by atoms with E-state index >= 15 is 0 Å². The van der Waals surface area contributed by atoms with Gasteiger partial charge in [-0.3, -0.25) is 14.5 Å². The van der Waals surface area contributed by atoms with Crippen LogP contribution in [-0.4, -0.2) is 80.1 Å². The number of rotatable bonds is 9. The average molecular weight is 415 g/mol. The highest BCUT2D eigenvalue weighted by Crippen LogP contribution is 2.13. The van der Waals surface area contributed by atoms with Gasteiger partial charge in [0.05, 0.1) is 18.1 Å². The van der Waals surface area contributed by atoms with Gasteiger partial charge in [-0.2, -0.15) is 4.31 Å². The zero-order chi connectivity index (χ0) is 20.7. The number of nitrogens with zero attached hydrogens (tertiary/aromatic N) is 3. The van der Waals surface area contributed by atoms with Crippen LogP contribution in [-0.2, 0) is 26.1 Å². The number of aromatic nitrogens is 1. The van der Waals surface area contributed by atoms with Gasteiger partial charge in [0.15, 0.2) is 0 Å². The molecule has 10 heteroatoms. The third-order valence-corrected chi connectivity index (χ3v) is 6.69. The molecule has 2 rings (SSSR count). The average Bonchev–Trinajstić information content (AvgIpc) is 2.64. The van der Waals surface area contributed by atoms with Crippen LogP contribution in [0, 0.1) is 0 Å². The number of ether oxygens (including phenoxy) is 1. The van der Waals surface area contributed by atoms with Crippen molar-refractivity contribution in [2.75, 3.05) is 45.9 Å². The lowest BCUT2D eigenvalue weighted by Crippen LogP contribution is -2.47. The van der Waals surface area contributed by atoms with Gasteiger partial charge in [0, 0.05) is 51.0 Å². The van der Waals surface area contributed by atoms with E-state index < -0.39 is 15.6 Å². The van der Waals surface area contributed by atoms with Gasteiger partial charge in [0.1, 0.15) is 6.54 Å². The van der Waals surface area contributed by atoms with Crippen molar-refractivity contribution in [2.24, 2.45) is 0 Å². The summed E-state index contributed by atoms with van der Waals surface area (Å²) in [6.07, 6.45) is 1.24. The van der Waals surface area contributed by atoms with Gasteiger partial charge in [0.2, 0.25) is 15.9 Å². The lowest BCUT2D eigenvalue weighted by molar-refractivity contribution is -0.122. The summed E-state index contributed by atoms with van der Waals surface area (Å²) in [5, 5.41) is 2.87. The van der Waals surface area contributed by atoms with Crippen LogP contribution in [0.5, 0.6) is 0 Å². The van der Waals surface area contributed by atoms with Crippen LogP contribution in [0.4, 0.5) is 0 Å². The van der Waals surface area contributed by atoms with Crippen molar-refractivity contribution in [3.05, 3.63) is 28.7 Å². The fourth-order valence-corrected chi connectivity index (χ4v) is 4.67. The molecular formula is C18H30N4O5S. The summed E-state index contributed by atoms with van der Waals surface area (Å²) in [6, 6.07) is 2.37. The Balaban J connectivity index is 2.04. The minimum absolute atomic E-state index is 0.00460. The first-order valence-electron chi connectivity index (χ1n) is 9.58. The summed E-state index contributed by atoms with van der Waals surface area (Å²) in [6.45, 7) is 9.55. The predicted octanol–water partition coefficient (Wildman–Crippen LogP) is -0.284. The lowest BCUT2D eigenvalue weighted by atomic mass is 10.3. The standard InChI is InChI=1S/C18H30N4O5S/c1-4-22(5-2)28(25,26)16-6-7-18(24)21(13-16)14-17(23)19-15(3)12-20-8-10-27-11-9-20/h6-7,13,15H,4-5,8-12,14H2,1-3H3,(H,19,23)/t15-/m1/s1. The summed E-state index contributed by atoms with van der Waals surface area (Å²) < 4.78 is 33.0. The Hall–Kier alpha value is -1.75. The van der Waals surface area contributed by atoms with E-state index in [9.17, 15) is 18.0 Å². The van der Waals surface area contributed by atoms with Crippen molar-refractivity contribution in [2.45, 2.75) is 38.3 Å². The number of hydrogen-bond acceptors (Lipinski definition) is 6. The van der Waals surface area contributed by atoms with Crippen LogP contribution >= 0.6 is 0 Å². The molecular weight excluding hydrogens is 384 g/mol. The van der Waals surface area contributed by atoms with Crippen LogP contribution < -0.4 is 10.9 Å². The highest BCUT2D eigenvalue weighted by Gasteiger charge is 2.23. The number of carbonyl (C=O) groups excluding carboxylic acids is 1. The maximum Gasteiger partial charge on any atom is 0.251 e. The quantitative estimate of drug-likeness (QED) is 0.596. The van der Waals surface area contributed by atoms with Crippen LogP contribution in [0.2, 0.25) is 0 Å². The molecule has 2 heterocycles. The van der Waals surface area contributed by atoms with E-state index in [2.05, 4.69) is 10.2 Å². The number of nitrogens with one attached hydrogen (secondary N) is 1. The second kappa shape index (κ2) is 10.1. The van der Waals surface area contributed by atoms with Gasteiger partial charge < -0.3 is 14.6 Å². The van der Waals surface area contributed by atoms with Crippen LogP contribution in [0.15, 0.2) is 28.0 Å². The van der Waals surface area contributed by atoms with Gasteiger partial charge in [-0.05, 0) is 13.0 Å². The third-order valence-electron chi connectivity index (χ3n) is 4.66. The molecule has 0 aliphatic carbocycles. The fraction of sp³-hybridized carbons (Fsp3) is 0.667. The van der Waals surface area contributed by atoms with Gasteiger partial charge in [-0.1, -0.05) is 13.8 Å². The smallest absolute Gasteiger partial charge is 0.251 e. The van der Waals surface area contributed by atoms with Crippen molar-refractivity contribution in [1.29, 1.82) is 0 Å². The summed E-state index contributed by atoms with van der Waals surface area (Å²) >= 11 is 0. The Labute approximate surface area is 166 Å². The molecule has 1 aromatic rings. The molecule has 1 saturated heterocycles. The SMILES string of the molecule is CCN(CC)S(=O)(=O)c1ccc(=O)n(CC(=O)N[C@H](C)CN2CCOCC2)c1. The summed E-state index contributed by atoms with van der Waals surface area (Å²) in [5.41, 5.74) is -0.422. The zero-order valence-electron chi connectivity index (χ0n) is 16.8. The minimum atomic E-state index is -3.70. The molecule has 0 unspecified atom stereocenters. The molecule has 1 aliphatic heterocycles. The van der Waals surface area contributed by atoms with Crippen LogP contribution in [0.1, 0.15) is 20.8 Å². The number of hydrogen-bond donors (Lipinski definition) is 1. The van der Waals surface area contributed by atoms with E-state index in [1.807, 2.05) is 6.92 Å². The highest BCUT2D eigenvalue weighted by molar-refractivity contribution is 7.89. The molecule has 0 aromatic carbocycles. The fourth-order valence-electron chi connectivity index (χ4n) is 3.19. The summed E-state index contributed by atoms with van der Waals surface area (Å²) in [5.74, 6) is -0.333. The van der Waals surface area contributed by atoms with E-state index in [-0.39, 0.29) is 23.4 Å². The van der Waals surface area contributed by atoms with E-state index in [0.717, 1.165) is 17.7 Å². The first-order chi connectivity index (χ1) is 13.3. The molecule has 9 nitrogen and oxygen atoms in total. The van der Waals surface area contributed by atoms with Crippen molar-refractivity contribution in [3.8, 4) is 0 Å². The number of carbonyl (C=O) groups is 1. The Morgan fingerprint density at radius 2 is 1.89 bits per heavy atom. The molecule has 158 valence electrons. The maximum absolute atomic E-state index is 12.6. The highest BCUT2D eigenvalue weighted by atomic mass is 32.2. The second-order valence-electron chi connectivity index (χ2n) is 6.80. The second-order valence-corrected chi connectivity index (χ2v) is 8.74. The van der Waals surface area contributed by atoms with E-state index in [0.29, 0.717) is 32.8 Å². The number of pyridine rings is 1. The largest absolute Gasteiger partial charge is 0.379 e. The first-order valence-corrected chi connectivity index (χ1v) is 11.0. The summed E-state index contributed by atoms with van der Waals surface area (Å²) in [4.78, 5) is 26.7. The molecule has 0 radical (unpaired) electrons. The number of amides is 1. The van der Waals surface area contributed by atoms with Crippen molar-refractivity contribution in [1.82, 2.24) is 19.1 Å². The first kappa shape index (κ1) is 22.5. The number of sulfonamides is 1. The molecule has 0 saturated carbocycles. The van der Waals surface area contributed by atoms with Crippen LogP contribution in [0.25, 0.3) is 0 Å². The predicted molar refractivity (Wildman–Crippen MR) is 106 cm³/mol. The van der Waals surface area contributed by atoms with Crippen LogP contribution in [0.3, 0.4) is 0 Å². The molecule has 1 amide bonds. The molecule has 0 spiro atoms. The van der Waals surface area contributed by atoms with Gasteiger partial charge in [-0.15, -0.1) is 0 Å².